The van der Waals surface area contributed by atoms with Crippen LogP contribution in [0, 0.1) is 0 Å². The Morgan fingerprint density at radius 2 is 1.71 bits per heavy atom. The summed E-state index contributed by atoms with van der Waals surface area (Å²) in [6.07, 6.45) is 1.80. The third-order valence-corrected chi connectivity index (χ3v) is 5.43. The molecule has 2 aromatic carbocycles. The van der Waals surface area contributed by atoms with E-state index in [1.54, 1.807) is 18.2 Å². The summed E-state index contributed by atoms with van der Waals surface area (Å²) in [6.45, 7) is 1.16. The van der Waals surface area contributed by atoms with Gasteiger partial charge in [-0.05, 0) is 69.4 Å². The smallest absolute Gasteiger partial charge is 0.339 e. The van der Waals surface area contributed by atoms with Crippen LogP contribution < -0.4 is 0 Å². The number of esters is 1. The second-order valence-corrected chi connectivity index (χ2v) is 8.20. The van der Waals surface area contributed by atoms with Crippen molar-refractivity contribution in [2.45, 2.75) is 18.8 Å². The van der Waals surface area contributed by atoms with Crippen LogP contribution in [0.4, 0.5) is 0 Å². The summed E-state index contributed by atoms with van der Waals surface area (Å²) in [5.41, 5.74) is 1.28. The predicted molar refractivity (Wildman–Crippen MR) is 121 cm³/mol. The average molecular weight is 486 g/mol. The van der Waals surface area contributed by atoms with Crippen molar-refractivity contribution in [1.82, 2.24) is 4.90 Å². The summed E-state index contributed by atoms with van der Waals surface area (Å²) in [4.78, 5) is 14.5. The molecule has 3 nitrogen and oxygen atoms in total. The zero-order valence-corrected chi connectivity index (χ0v) is 19.4. The van der Waals surface area contributed by atoms with E-state index >= 15 is 0 Å². The Morgan fingerprint density at radius 1 is 1.00 bits per heavy atom. The van der Waals surface area contributed by atoms with Crippen molar-refractivity contribution < 1.29 is 9.53 Å². The van der Waals surface area contributed by atoms with E-state index in [9.17, 15) is 4.79 Å². The average Bonchev–Trinajstić information content (AvgIpc) is 2.60. The van der Waals surface area contributed by atoms with Gasteiger partial charge in [-0.3, -0.25) is 0 Å². The van der Waals surface area contributed by atoms with E-state index in [-0.39, 0.29) is 30.0 Å². The molecule has 0 bridgehead atoms. The lowest BCUT2D eigenvalue weighted by Crippen LogP contribution is -2.17. The first-order chi connectivity index (χ1) is 12.8. The molecular formula is C20H22Cl5NO2. The highest BCUT2D eigenvalue weighted by atomic mass is 35.5. The van der Waals surface area contributed by atoms with E-state index in [1.807, 2.05) is 26.2 Å². The molecule has 0 N–H and O–H groups in total. The molecule has 0 saturated heterocycles. The van der Waals surface area contributed by atoms with Gasteiger partial charge in [-0.1, -0.05) is 52.5 Å². The molecule has 0 spiro atoms. The molecule has 2 rings (SSSR count). The molecule has 154 valence electrons. The van der Waals surface area contributed by atoms with Crippen molar-refractivity contribution in [2.24, 2.45) is 0 Å². The first-order valence-corrected chi connectivity index (χ1v) is 10.0. The monoisotopic (exact) mass is 483 g/mol. The van der Waals surface area contributed by atoms with Gasteiger partial charge in [-0.25, -0.2) is 4.79 Å². The Hall–Kier alpha value is -0.680. The number of halogens is 5. The predicted octanol–water partition coefficient (Wildman–Crippen LogP) is 7.00. The summed E-state index contributed by atoms with van der Waals surface area (Å²) in [5, 5.41) is 1.72. The molecule has 0 aliphatic rings. The van der Waals surface area contributed by atoms with Crippen LogP contribution in [0.2, 0.25) is 20.1 Å². The second-order valence-electron chi connectivity index (χ2n) is 6.54. The first kappa shape index (κ1) is 25.4. The van der Waals surface area contributed by atoms with E-state index in [0.29, 0.717) is 20.6 Å². The van der Waals surface area contributed by atoms with Crippen LogP contribution in [0.5, 0.6) is 0 Å². The number of hydrogen-bond donors (Lipinski definition) is 0. The normalized spacial score (nSPS) is 11.8. The van der Waals surface area contributed by atoms with Gasteiger partial charge in [-0.2, -0.15) is 0 Å². The van der Waals surface area contributed by atoms with Crippen LogP contribution in [0.25, 0.3) is 0 Å². The molecule has 0 aromatic heterocycles. The van der Waals surface area contributed by atoms with Crippen molar-refractivity contribution in [2.75, 3.05) is 27.2 Å². The molecule has 0 fully saturated rings. The Bertz CT molecular complexity index is 798. The maximum absolute atomic E-state index is 12.4. The van der Waals surface area contributed by atoms with Gasteiger partial charge in [0.2, 0.25) is 0 Å². The van der Waals surface area contributed by atoms with E-state index < -0.39 is 5.97 Å². The zero-order valence-electron chi connectivity index (χ0n) is 15.6. The molecule has 1 atom stereocenters. The third kappa shape index (κ3) is 7.62. The van der Waals surface area contributed by atoms with Crippen molar-refractivity contribution >= 4 is 64.8 Å². The summed E-state index contributed by atoms with van der Waals surface area (Å²) >= 11 is 24.1. The summed E-state index contributed by atoms with van der Waals surface area (Å²) < 4.78 is 5.54. The van der Waals surface area contributed by atoms with Crippen molar-refractivity contribution in [3.8, 4) is 0 Å². The highest BCUT2D eigenvalue weighted by Crippen LogP contribution is 2.30. The van der Waals surface area contributed by atoms with Crippen molar-refractivity contribution in [1.29, 1.82) is 0 Å². The van der Waals surface area contributed by atoms with Gasteiger partial charge >= 0.3 is 5.97 Å². The van der Waals surface area contributed by atoms with Gasteiger partial charge in [0, 0.05) is 10.9 Å². The van der Waals surface area contributed by atoms with E-state index in [4.69, 9.17) is 51.1 Å². The Balaban J connectivity index is 0.00000392. The molecule has 8 heteroatoms. The first-order valence-electron chi connectivity index (χ1n) is 8.49. The molecule has 0 amide bonds. The Kier molecular flexibility index (Phi) is 11.0. The highest BCUT2D eigenvalue weighted by Gasteiger charge is 2.18. The molecule has 0 radical (unpaired) electrons. The number of benzene rings is 2. The second kappa shape index (κ2) is 12.1. The molecule has 0 saturated carbocycles. The molecule has 0 aliphatic carbocycles. The molecule has 1 unspecified atom stereocenters. The largest absolute Gasteiger partial charge is 0.461 e. The molecule has 2 aromatic rings. The lowest BCUT2D eigenvalue weighted by molar-refractivity contribution is 0.0474. The maximum Gasteiger partial charge on any atom is 0.339 e. The quantitative estimate of drug-likeness (QED) is 0.377. The minimum Gasteiger partial charge on any atom is -0.461 e. The summed E-state index contributed by atoms with van der Waals surface area (Å²) in [6, 6.07) is 10.2. The van der Waals surface area contributed by atoms with Gasteiger partial charge in [-0.15, -0.1) is 12.4 Å². The lowest BCUT2D eigenvalue weighted by Gasteiger charge is -2.19. The summed E-state index contributed by atoms with van der Waals surface area (Å²) in [7, 11) is 4.05. The lowest BCUT2D eigenvalue weighted by atomic mass is 9.95. The molecular weight excluding hydrogens is 463 g/mol. The fourth-order valence-electron chi connectivity index (χ4n) is 2.68. The van der Waals surface area contributed by atoms with Gasteiger partial charge in [0.25, 0.3) is 0 Å². The molecule has 28 heavy (non-hydrogen) atoms. The number of nitrogens with zero attached hydrogens (tertiary/aromatic N) is 1. The summed E-state index contributed by atoms with van der Waals surface area (Å²) in [5.74, 6) is -0.468. The van der Waals surface area contributed by atoms with Crippen LogP contribution in [0.15, 0.2) is 36.4 Å². The van der Waals surface area contributed by atoms with Crippen LogP contribution in [-0.2, 0) is 4.74 Å². The number of ether oxygens (including phenoxy) is 1. The van der Waals surface area contributed by atoms with Crippen molar-refractivity contribution in [3.63, 3.8) is 0 Å². The molecule has 0 aliphatic heterocycles. The highest BCUT2D eigenvalue weighted by molar-refractivity contribution is 6.42. The van der Waals surface area contributed by atoms with E-state index in [2.05, 4.69) is 4.90 Å². The Labute approximate surface area is 192 Å². The zero-order chi connectivity index (χ0) is 20.0. The van der Waals surface area contributed by atoms with Crippen molar-refractivity contribution in [3.05, 3.63) is 67.6 Å². The third-order valence-electron chi connectivity index (χ3n) is 4.14. The number of hydrogen-bond acceptors (Lipinski definition) is 3. The van der Waals surface area contributed by atoms with Crippen LogP contribution >= 0.6 is 58.8 Å². The minimum atomic E-state index is -0.477. The van der Waals surface area contributed by atoms with Crippen LogP contribution in [-0.4, -0.2) is 38.1 Å². The van der Waals surface area contributed by atoms with Gasteiger partial charge in [0.05, 0.1) is 27.2 Å². The van der Waals surface area contributed by atoms with Gasteiger partial charge in [0.15, 0.2) is 0 Å². The topological polar surface area (TPSA) is 29.5 Å². The van der Waals surface area contributed by atoms with Crippen LogP contribution in [0.3, 0.4) is 0 Å². The molecule has 0 heterocycles. The SMILES string of the molecule is CN(C)CCCC(COC(=O)c1ccc(Cl)cc1Cl)c1ccc(Cl)c(Cl)c1.Cl. The minimum absolute atomic E-state index is 0. The fourth-order valence-corrected chi connectivity index (χ4v) is 3.47. The van der Waals surface area contributed by atoms with E-state index in [0.717, 1.165) is 24.9 Å². The fraction of sp³-hybridized carbons (Fsp3) is 0.350. The Morgan fingerprint density at radius 3 is 2.32 bits per heavy atom. The maximum atomic E-state index is 12.4. The van der Waals surface area contributed by atoms with E-state index in [1.165, 1.54) is 6.07 Å². The van der Waals surface area contributed by atoms with Gasteiger partial charge in [0.1, 0.15) is 0 Å². The number of carbonyl (C=O) groups is 1. The van der Waals surface area contributed by atoms with Gasteiger partial charge < -0.3 is 9.64 Å². The van der Waals surface area contributed by atoms with Crippen LogP contribution in [0.1, 0.15) is 34.7 Å². The number of carbonyl (C=O) groups excluding carboxylic acids is 1. The standard InChI is InChI=1S/C20H21Cl4NO2.ClH/c1-25(2)9-3-4-14(13-5-8-17(22)19(24)10-13)12-27-20(26)16-7-6-15(21)11-18(16)23;/h5-8,10-11,14H,3-4,9,12H2,1-2H3;1H. The number of rotatable bonds is 8.